The lowest BCUT2D eigenvalue weighted by Gasteiger charge is -2.39. The number of ketones is 1. The van der Waals surface area contributed by atoms with Gasteiger partial charge in [0, 0.05) is 12.1 Å². The van der Waals surface area contributed by atoms with E-state index in [-0.39, 0.29) is 28.4 Å². The highest BCUT2D eigenvalue weighted by atomic mass is 16.7. The lowest BCUT2D eigenvalue weighted by molar-refractivity contribution is -0.277. The Morgan fingerprint density at radius 1 is 0.971 bits per heavy atom. The van der Waals surface area contributed by atoms with Crippen LogP contribution in [0.25, 0.3) is 0 Å². The van der Waals surface area contributed by atoms with Gasteiger partial charge in [0.15, 0.2) is 23.7 Å². The Kier molecular flexibility index (Phi) is 6.53. The third-order valence-corrected chi connectivity index (χ3v) is 5.74. The molecule has 184 valence electrons. The van der Waals surface area contributed by atoms with E-state index in [1.54, 1.807) is 0 Å². The number of aliphatic hydroxyl groups is 5. The van der Waals surface area contributed by atoms with Crippen LogP contribution >= 0.6 is 0 Å². The van der Waals surface area contributed by atoms with Crippen LogP contribution in [0.5, 0.6) is 28.7 Å². The predicted octanol–water partition coefficient (Wildman–Crippen LogP) is -1.04. The number of phenolic OH excluding ortho intramolecular Hbond substituents is 2. The van der Waals surface area contributed by atoms with Crippen molar-refractivity contribution >= 4 is 5.78 Å². The normalized spacial score (nSPS) is 30.9. The molecule has 0 aromatic heterocycles. The van der Waals surface area contributed by atoms with Gasteiger partial charge >= 0.3 is 0 Å². The van der Waals surface area contributed by atoms with Crippen molar-refractivity contribution in [3.8, 4) is 28.7 Å². The molecular weight excluding hydrogens is 456 g/mol. The maximum Gasteiger partial charge on any atom is 0.229 e. The van der Waals surface area contributed by atoms with E-state index in [2.05, 4.69) is 0 Å². The third-order valence-electron chi connectivity index (χ3n) is 5.74. The fraction of sp³-hybridized carbons (Fsp3) is 0.409. The summed E-state index contributed by atoms with van der Waals surface area (Å²) in [7, 11) is 1.27. The van der Waals surface area contributed by atoms with Crippen LogP contribution in [0.2, 0.25) is 0 Å². The zero-order valence-electron chi connectivity index (χ0n) is 17.8. The van der Waals surface area contributed by atoms with Gasteiger partial charge in [-0.3, -0.25) is 4.79 Å². The number of Topliss-reactive ketones (excluding diaryl/α,β-unsaturated/α-hetero) is 1. The number of benzene rings is 2. The smallest absolute Gasteiger partial charge is 0.229 e. The number of fused-ring (bicyclic) bond motifs is 1. The molecule has 1 fully saturated rings. The highest BCUT2D eigenvalue weighted by Gasteiger charge is 2.45. The van der Waals surface area contributed by atoms with Gasteiger partial charge in [-0.2, -0.15) is 0 Å². The molecule has 0 spiro atoms. The molecule has 0 radical (unpaired) electrons. The fourth-order valence-corrected chi connectivity index (χ4v) is 3.88. The highest BCUT2D eigenvalue weighted by Crippen LogP contribution is 2.44. The van der Waals surface area contributed by atoms with Gasteiger partial charge in [-0.15, -0.1) is 0 Å². The molecule has 2 aliphatic rings. The predicted molar refractivity (Wildman–Crippen MR) is 111 cm³/mol. The molecule has 12 heteroatoms. The highest BCUT2D eigenvalue weighted by molar-refractivity contribution is 6.05. The van der Waals surface area contributed by atoms with Crippen molar-refractivity contribution in [3.63, 3.8) is 0 Å². The molecule has 0 amide bonds. The third kappa shape index (κ3) is 4.11. The molecule has 0 saturated carbocycles. The van der Waals surface area contributed by atoms with Gasteiger partial charge in [0.1, 0.15) is 47.2 Å². The standard InChI is InChI=1S/C22H24O12/c1-31-12-5-9(32-22-20(30)18(28)16(26)14(7-23)34-22)6-13-15(12)17(27)19(29)21(33-13)8-2-3-10(24)11(25)4-8/h2-6,14,16,18-26,28-30H,7H2,1H3/t14-,16+,18+,19-,20+,21-,22+/m0/s1. The second-order valence-electron chi connectivity index (χ2n) is 7.91. The summed E-state index contributed by atoms with van der Waals surface area (Å²) >= 11 is 0. The maximum absolute atomic E-state index is 12.9. The van der Waals surface area contributed by atoms with E-state index in [4.69, 9.17) is 18.9 Å². The van der Waals surface area contributed by atoms with Gasteiger partial charge in [0.25, 0.3) is 0 Å². The summed E-state index contributed by atoms with van der Waals surface area (Å²) in [5.41, 5.74) is 0.136. The summed E-state index contributed by atoms with van der Waals surface area (Å²) in [6, 6.07) is 6.25. The number of ether oxygens (including phenoxy) is 4. The van der Waals surface area contributed by atoms with Crippen LogP contribution in [0.4, 0.5) is 0 Å². The molecule has 0 bridgehead atoms. The molecule has 7 N–H and O–H groups in total. The summed E-state index contributed by atoms with van der Waals surface area (Å²) in [5, 5.41) is 69.4. The molecule has 2 aromatic rings. The average Bonchev–Trinajstić information content (AvgIpc) is 2.82. The van der Waals surface area contributed by atoms with Crippen LogP contribution in [-0.2, 0) is 4.74 Å². The summed E-state index contributed by atoms with van der Waals surface area (Å²) in [6.45, 7) is -0.644. The Bertz CT molecular complexity index is 1070. The first-order valence-corrected chi connectivity index (χ1v) is 10.3. The Morgan fingerprint density at radius 2 is 1.71 bits per heavy atom. The fourth-order valence-electron chi connectivity index (χ4n) is 3.88. The van der Waals surface area contributed by atoms with Gasteiger partial charge in [0.05, 0.1) is 13.7 Å². The minimum Gasteiger partial charge on any atom is -0.504 e. The van der Waals surface area contributed by atoms with E-state index in [1.165, 1.54) is 31.4 Å². The summed E-state index contributed by atoms with van der Waals surface area (Å²) < 4.78 is 22.0. The molecule has 34 heavy (non-hydrogen) atoms. The van der Waals surface area contributed by atoms with Crippen LogP contribution in [0.15, 0.2) is 30.3 Å². The van der Waals surface area contributed by atoms with Gasteiger partial charge < -0.3 is 54.7 Å². The van der Waals surface area contributed by atoms with Crippen molar-refractivity contribution in [1.82, 2.24) is 0 Å². The van der Waals surface area contributed by atoms with Crippen LogP contribution in [0, 0.1) is 0 Å². The van der Waals surface area contributed by atoms with Gasteiger partial charge in [-0.1, -0.05) is 6.07 Å². The van der Waals surface area contributed by atoms with E-state index in [1.807, 2.05) is 0 Å². The topological polar surface area (TPSA) is 196 Å². The van der Waals surface area contributed by atoms with Crippen molar-refractivity contribution < 1.29 is 59.5 Å². The second-order valence-corrected chi connectivity index (χ2v) is 7.91. The van der Waals surface area contributed by atoms with Crippen molar-refractivity contribution in [1.29, 1.82) is 0 Å². The van der Waals surface area contributed by atoms with E-state index >= 15 is 0 Å². The zero-order valence-corrected chi connectivity index (χ0v) is 17.8. The molecule has 0 unspecified atom stereocenters. The summed E-state index contributed by atoms with van der Waals surface area (Å²) in [6.07, 6.45) is -10.5. The van der Waals surface area contributed by atoms with Crippen molar-refractivity contribution in [2.75, 3.05) is 13.7 Å². The number of rotatable bonds is 5. The first-order chi connectivity index (χ1) is 16.2. The van der Waals surface area contributed by atoms with Gasteiger partial charge in [-0.25, -0.2) is 0 Å². The number of phenols is 2. The Labute approximate surface area is 192 Å². The van der Waals surface area contributed by atoms with Crippen LogP contribution in [-0.4, -0.2) is 92.1 Å². The molecule has 12 nitrogen and oxygen atoms in total. The van der Waals surface area contributed by atoms with Crippen molar-refractivity contribution in [3.05, 3.63) is 41.5 Å². The molecule has 4 rings (SSSR count). The molecule has 2 aromatic carbocycles. The number of methoxy groups -OCH3 is 1. The van der Waals surface area contributed by atoms with Gasteiger partial charge in [-0.05, 0) is 17.7 Å². The number of hydrogen-bond donors (Lipinski definition) is 7. The molecule has 7 atom stereocenters. The number of aliphatic hydroxyl groups excluding tert-OH is 5. The monoisotopic (exact) mass is 480 g/mol. The van der Waals surface area contributed by atoms with E-state index < -0.39 is 66.8 Å². The van der Waals surface area contributed by atoms with E-state index in [0.29, 0.717) is 0 Å². The number of hydrogen-bond acceptors (Lipinski definition) is 12. The lowest BCUT2D eigenvalue weighted by atomic mass is 9.92. The van der Waals surface area contributed by atoms with E-state index in [9.17, 15) is 40.5 Å². The minimum atomic E-state index is -1.67. The first-order valence-electron chi connectivity index (χ1n) is 10.3. The lowest BCUT2D eigenvalue weighted by Crippen LogP contribution is -2.60. The average molecular weight is 480 g/mol. The Hall–Kier alpha value is -3.13. The van der Waals surface area contributed by atoms with Crippen molar-refractivity contribution in [2.24, 2.45) is 0 Å². The van der Waals surface area contributed by atoms with E-state index in [0.717, 1.165) is 6.07 Å². The quantitative estimate of drug-likeness (QED) is 0.257. The Balaban J connectivity index is 1.67. The van der Waals surface area contributed by atoms with Crippen LogP contribution in [0.3, 0.4) is 0 Å². The summed E-state index contributed by atoms with van der Waals surface area (Å²) in [5.74, 6) is -1.67. The van der Waals surface area contributed by atoms with Crippen LogP contribution in [0.1, 0.15) is 22.0 Å². The van der Waals surface area contributed by atoms with Crippen LogP contribution < -0.4 is 14.2 Å². The number of carbonyl (C=O) groups is 1. The molecule has 2 heterocycles. The Morgan fingerprint density at radius 3 is 2.35 bits per heavy atom. The van der Waals surface area contributed by atoms with Gasteiger partial charge in [0.2, 0.25) is 12.1 Å². The van der Waals surface area contributed by atoms with Crippen molar-refractivity contribution in [2.45, 2.75) is 42.9 Å². The largest absolute Gasteiger partial charge is 0.504 e. The first kappa shape index (κ1) is 24.0. The minimum absolute atomic E-state index is 0.0172. The number of carbonyl (C=O) groups excluding carboxylic acids is 1. The summed E-state index contributed by atoms with van der Waals surface area (Å²) in [4.78, 5) is 12.9. The second kappa shape index (κ2) is 9.25. The molecular formula is C22H24O12. The molecule has 1 saturated heterocycles. The maximum atomic E-state index is 12.9. The number of aromatic hydroxyl groups is 2. The molecule has 0 aliphatic carbocycles. The zero-order chi connectivity index (χ0) is 24.7. The SMILES string of the molecule is COc1cc(O[C@@H]2O[C@@H](CO)[C@@H](O)[C@@H](O)[C@H]2O)cc2c1C(=O)[C@H](O)[C@H](c1ccc(O)c(O)c1)O2. The molecule has 2 aliphatic heterocycles.